The molecule has 3 atom stereocenters. The van der Waals surface area contributed by atoms with E-state index in [0.29, 0.717) is 28.2 Å². The second-order valence-electron chi connectivity index (χ2n) is 5.99. The maximum Gasteiger partial charge on any atom is 0.258 e. The van der Waals surface area contributed by atoms with Gasteiger partial charge in [-0.2, -0.15) is 5.26 Å². The first-order valence-electron chi connectivity index (χ1n) is 7.63. The molecular formula is C17H21ClN2O2. The number of carbonyl (C=O) groups excluding carboxylic acids is 1. The summed E-state index contributed by atoms with van der Waals surface area (Å²) < 4.78 is 5.45. The Balaban J connectivity index is 1.86. The Hall–Kier alpha value is -1.73. The van der Waals surface area contributed by atoms with Crippen molar-refractivity contribution in [3.05, 3.63) is 28.8 Å². The van der Waals surface area contributed by atoms with E-state index in [1.54, 1.807) is 12.1 Å². The van der Waals surface area contributed by atoms with Crippen LogP contribution in [0.5, 0.6) is 5.75 Å². The summed E-state index contributed by atoms with van der Waals surface area (Å²) in [7, 11) is 0. The summed E-state index contributed by atoms with van der Waals surface area (Å²) in [6.07, 6.45) is 3.40. The lowest BCUT2D eigenvalue weighted by Gasteiger charge is -2.34. The Morgan fingerprint density at radius 3 is 2.91 bits per heavy atom. The molecule has 0 heterocycles. The second-order valence-corrected chi connectivity index (χ2v) is 6.39. The standard InChI is InChI=1S/C17H21ClN2O2/c1-11-4-3-5-15(12(11)2)20-17(21)10-22-16-7-6-13(9-19)8-14(16)18/h6-8,11-12,15H,3-5,10H2,1-2H3,(H,20,21)/t11-,12-,15+/m1/s1. The molecule has 1 fully saturated rings. The molecular weight excluding hydrogens is 300 g/mol. The number of benzene rings is 1. The summed E-state index contributed by atoms with van der Waals surface area (Å²) in [5, 5.41) is 12.2. The highest BCUT2D eigenvalue weighted by atomic mass is 35.5. The zero-order valence-electron chi connectivity index (χ0n) is 12.9. The predicted molar refractivity (Wildman–Crippen MR) is 85.8 cm³/mol. The molecule has 0 unspecified atom stereocenters. The second kappa shape index (κ2) is 7.51. The Morgan fingerprint density at radius 1 is 1.45 bits per heavy atom. The quantitative estimate of drug-likeness (QED) is 0.923. The number of nitrogens with one attached hydrogen (secondary N) is 1. The van der Waals surface area contributed by atoms with Crippen LogP contribution < -0.4 is 10.1 Å². The smallest absolute Gasteiger partial charge is 0.258 e. The minimum atomic E-state index is -0.133. The number of hydrogen-bond acceptors (Lipinski definition) is 3. The Labute approximate surface area is 136 Å². The number of nitrogens with zero attached hydrogens (tertiary/aromatic N) is 1. The maximum atomic E-state index is 12.0. The van der Waals surface area contributed by atoms with Gasteiger partial charge in [-0.3, -0.25) is 4.79 Å². The molecule has 2 rings (SSSR count). The van der Waals surface area contributed by atoms with Crippen molar-refractivity contribution in [1.29, 1.82) is 5.26 Å². The number of carbonyl (C=O) groups is 1. The summed E-state index contributed by atoms with van der Waals surface area (Å²) in [4.78, 5) is 12.0. The van der Waals surface area contributed by atoms with Crippen LogP contribution in [-0.4, -0.2) is 18.6 Å². The highest BCUT2D eigenvalue weighted by Crippen LogP contribution is 2.29. The summed E-state index contributed by atoms with van der Waals surface area (Å²) >= 11 is 6.02. The van der Waals surface area contributed by atoms with Crippen molar-refractivity contribution in [1.82, 2.24) is 5.32 Å². The number of rotatable bonds is 4. The van der Waals surface area contributed by atoms with Crippen molar-refractivity contribution in [2.24, 2.45) is 11.8 Å². The van der Waals surface area contributed by atoms with Crippen molar-refractivity contribution < 1.29 is 9.53 Å². The highest BCUT2D eigenvalue weighted by molar-refractivity contribution is 6.32. The van der Waals surface area contributed by atoms with E-state index in [-0.39, 0.29) is 18.6 Å². The molecule has 1 aromatic rings. The third-order valence-corrected chi connectivity index (χ3v) is 4.77. The molecule has 0 radical (unpaired) electrons. The molecule has 0 bridgehead atoms. The average molecular weight is 321 g/mol. The van der Waals surface area contributed by atoms with Gasteiger partial charge in [0.05, 0.1) is 16.7 Å². The van der Waals surface area contributed by atoms with E-state index in [9.17, 15) is 4.79 Å². The number of ether oxygens (including phenoxy) is 1. The first-order valence-corrected chi connectivity index (χ1v) is 8.01. The number of amides is 1. The predicted octanol–water partition coefficient (Wildman–Crippen LogP) is 3.53. The molecule has 1 saturated carbocycles. The van der Waals surface area contributed by atoms with E-state index in [1.807, 2.05) is 6.07 Å². The minimum absolute atomic E-state index is 0.0662. The van der Waals surface area contributed by atoms with Gasteiger partial charge >= 0.3 is 0 Å². The fraction of sp³-hybridized carbons (Fsp3) is 0.529. The molecule has 0 saturated heterocycles. The zero-order chi connectivity index (χ0) is 16.1. The van der Waals surface area contributed by atoms with Crippen LogP contribution in [0.3, 0.4) is 0 Å². The summed E-state index contributed by atoms with van der Waals surface area (Å²) in [6.45, 7) is 4.35. The van der Waals surface area contributed by atoms with Crippen LogP contribution in [0, 0.1) is 23.2 Å². The third kappa shape index (κ3) is 4.14. The van der Waals surface area contributed by atoms with E-state index in [4.69, 9.17) is 21.6 Å². The average Bonchev–Trinajstić information content (AvgIpc) is 2.50. The molecule has 22 heavy (non-hydrogen) atoms. The molecule has 5 heteroatoms. The lowest BCUT2D eigenvalue weighted by Crippen LogP contribution is -2.45. The van der Waals surface area contributed by atoms with Gasteiger partial charge in [0.2, 0.25) is 0 Å². The molecule has 0 aliphatic heterocycles. The van der Waals surface area contributed by atoms with Crippen LogP contribution in [0.4, 0.5) is 0 Å². The largest absolute Gasteiger partial charge is 0.482 e. The maximum absolute atomic E-state index is 12.0. The monoisotopic (exact) mass is 320 g/mol. The molecule has 1 aliphatic carbocycles. The fourth-order valence-electron chi connectivity index (χ4n) is 2.86. The van der Waals surface area contributed by atoms with E-state index in [0.717, 1.165) is 12.8 Å². The lowest BCUT2D eigenvalue weighted by atomic mass is 9.78. The molecule has 1 aliphatic rings. The Bertz CT molecular complexity index is 583. The molecule has 0 spiro atoms. The number of nitriles is 1. The van der Waals surface area contributed by atoms with Gasteiger partial charge in [-0.05, 0) is 36.5 Å². The fourth-order valence-corrected chi connectivity index (χ4v) is 3.10. The van der Waals surface area contributed by atoms with Crippen molar-refractivity contribution in [2.75, 3.05) is 6.61 Å². The van der Waals surface area contributed by atoms with Gasteiger partial charge in [0.25, 0.3) is 5.91 Å². The highest BCUT2D eigenvalue weighted by Gasteiger charge is 2.28. The molecule has 0 aromatic heterocycles. The van der Waals surface area contributed by atoms with Gasteiger partial charge in [-0.15, -0.1) is 0 Å². The topological polar surface area (TPSA) is 62.1 Å². The summed E-state index contributed by atoms with van der Waals surface area (Å²) in [5.74, 6) is 1.40. The van der Waals surface area contributed by atoms with Gasteiger partial charge in [-0.1, -0.05) is 38.3 Å². The first kappa shape index (κ1) is 16.6. The Morgan fingerprint density at radius 2 is 2.23 bits per heavy atom. The van der Waals surface area contributed by atoms with Gasteiger partial charge in [0.15, 0.2) is 6.61 Å². The van der Waals surface area contributed by atoms with Gasteiger partial charge in [-0.25, -0.2) is 0 Å². The zero-order valence-corrected chi connectivity index (χ0v) is 13.7. The van der Waals surface area contributed by atoms with Crippen LogP contribution in [0.2, 0.25) is 5.02 Å². The lowest BCUT2D eigenvalue weighted by molar-refractivity contribution is -0.124. The molecule has 118 valence electrons. The molecule has 1 amide bonds. The summed E-state index contributed by atoms with van der Waals surface area (Å²) in [5.41, 5.74) is 0.465. The van der Waals surface area contributed by atoms with Gasteiger partial charge in [0, 0.05) is 6.04 Å². The van der Waals surface area contributed by atoms with Crippen molar-refractivity contribution in [2.45, 2.75) is 39.2 Å². The summed E-state index contributed by atoms with van der Waals surface area (Å²) in [6, 6.07) is 6.98. The Kier molecular flexibility index (Phi) is 5.68. The van der Waals surface area contributed by atoms with E-state index < -0.39 is 0 Å². The van der Waals surface area contributed by atoms with E-state index in [2.05, 4.69) is 19.2 Å². The van der Waals surface area contributed by atoms with Crippen molar-refractivity contribution in [3.63, 3.8) is 0 Å². The van der Waals surface area contributed by atoms with E-state index >= 15 is 0 Å². The third-order valence-electron chi connectivity index (χ3n) is 4.47. The van der Waals surface area contributed by atoms with Crippen LogP contribution in [-0.2, 0) is 4.79 Å². The minimum Gasteiger partial charge on any atom is -0.482 e. The molecule has 1 N–H and O–H groups in total. The normalized spacial score (nSPS) is 24.4. The SMILES string of the molecule is C[C@@H]1[C@H](C)CCC[C@@H]1NC(=O)COc1ccc(C#N)cc1Cl. The van der Waals surface area contributed by atoms with Crippen LogP contribution >= 0.6 is 11.6 Å². The van der Waals surface area contributed by atoms with Gasteiger partial charge in [0.1, 0.15) is 5.75 Å². The van der Waals surface area contributed by atoms with Crippen LogP contribution in [0.1, 0.15) is 38.7 Å². The molecule has 1 aromatic carbocycles. The van der Waals surface area contributed by atoms with Crippen molar-refractivity contribution in [3.8, 4) is 11.8 Å². The number of hydrogen-bond donors (Lipinski definition) is 1. The van der Waals surface area contributed by atoms with Gasteiger partial charge < -0.3 is 10.1 Å². The molecule has 4 nitrogen and oxygen atoms in total. The van der Waals surface area contributed by atoms with Crippen LogP contribution in [0.15, 0.2) is 18.2 Å². The van der Waals surface area contributed by atoms with E-state index in [1.165, 1.54) is 12.5 Å². The van der Waals surface area contributed by atoms with Crippen molar-refractivity contribution >= 4 is 17.5 Å². The number of halogens is 1. The first-order chi connectivity index (χ1) is 10.5. The van der Waals surface area contributed by atoms with Crippen LogP contribution in [0.25, 0.3) is 0 Å².